The van der Waals surface area contributed by atoms with Gasteiger partial charge in [0.05, 0.1) is 5.52 Å². The van der Waals surface area contributed by atoms with E-state index in [4.69, 9.17) is 4.98 Å². The van der Waals surface area contributed by atoms with Crippen LogP contribution in [0.15, 0.2) is 59.1 Å². The normalized spacial score (nSPS) is 10.8. The second-order valence-electron chi connectivity index (χ2n) is 5.31. The summed E-state index contributed by atoms with van der Waals surface area (Å²) in [7, 11) is 0. The first kappa shape index (κ1) is 15.0. The van der Waals surface area contributed by atoms with E-state index in [2.05, 4.69) is 64.6 Å². The second kappa shape index (κ2) is 6.93. The number of nitrogens with zero attached hydrogens (tertiary/aromatic N) is 1. The van der Waals surface area contributed by atoms with E-state index in [1.54, 1.807) is 0 Å². The number of pyridine rings is 1. The molecule has 0 bridgehead atoms. The molecule has 0 amide bonds. The third-order valence-electron chi connectivity index (χ3n) is 3.71. The largest absolute Gasteiger partial charge is 0.370 e. The predicted octanol–water partition coefficient (Wildman–Crippen LogP) is 5.88. The molecule has 0 unspecified atom stereocenters. The number of fused-ring (bicyclic) bond motifs is 1. The lowest BCUT2D eigenvalue weighted by atomic mass is 10.0. The van der Waals surface area contributed by atoms with Gasteiger partial charge in [-0.05, 0) is 34.0 Å². The van der Waals surface area contributed by atoms with Gasteiger partial charge in [-0.3, -0.25) is 0 Å². The van der Waals surface area contributed by atoms with Crippen LogP contribution in [0, 0.1) is 0 Å². The molecule has 0 fully saturated rings. The zero-order valence-corrected chi connectivity index (χ0v) is 14.2. The highest BCUT2D eigenvalue weighted by atomic mass is 79.9. The summed E-state index contributed by atoms with van der Waals surface area (Å²) in [5, 5.41) is 4.65. The molecule has 1 aromatic heterocycles. The molecular formula is C19H19BrN2. The van der Waals surface area contributed by atoms with Crippen molar-refractivity contribution in [2.75, 3.05) is 11.9 Å². The van der Waals surface area contributed by atoms with Gasteiger partial charge in [-0.15, -0.1) is 0 Å². The van der Waals surface area contributed by atoms with Crippen LogP contribution in [0.4, 0.5) is 5.82 Å². The lowest BCUT2D eigenvalue weighted by Gasteiger charge is -2.15. The van der Waals surface area contributed by atoms with Crippen LogP contribution in [0.1, 0.15) is 19.8 Å². The third-order valence-corrected chi connectivity index (χ3v) is 4.54. The Labute approximate surface area is 139 Å². The van der Waals surface area contributed by atoms with Gasteiger partial charge in [0.2, 0.25) is 0 Å². The molecule has 2 nitrogen and oxygen atoms in total. The summed E-state index contributed by atoms with van der Waals surface area (Å²) < 4.78 is 1.10. The Morgan fingerprint density at radius 3 is 2.50 bits per heavy atom. The fourth-order valence-electron chi connectivity index (χ4n) is 2.55. The van der Waals surface area contributed by atoms with Crippen LogP contribution >= 0.6 is 15.9 Å². The number of hydrogen-bond donors (Lipinski definition) is 1. The molecule has 0 aliphatic carbocycles. The van der Waals surface area contributed by atoms with Gasteiger partial charge in [-0.2, -0.15) is 0 Å². The number of aromatic nitrogens is 1. The summed E-state index contributed by atoms with van der Waals surface area (Å²) in [5.41, 5.74) is 3.31. The zero-order chi connectivity index (χ0) is 15.4. The van der Waals surface area contributed by atoms with Crippen LogP contribution in [0.2, 0.25) is 0 Å². The minimum atomic E-state index is 0.939. The minimum Gasteiger partial charge on any atom is -0.370 e. The van der Waals surface area contributed by atoms with Crippen molar-refractivity contribution in [1.82, 2.24) is 4.98 Å². The predicted molar refractivity (Wildman–Crippen MR) is 98.3 cm³/mol. The molecule has 0 spiro atoms. The van der Waals surface area contributed by atoms with Crippen LogP contribution < -0.4 is 5.32 Å². The average molecular weight is 355 g/mol. The van der Waals surface area contributed by atoms with Crippen LogP contribution in [0.5, 0.6) is 0 Å². The Morgan fingerprint density at radius 2 is 1.73 bits per heavy atom. The van der Waals surface area contributed by atoms with Crippen molar-refractivity contribution in [3.63, 3.8) is 0 Å². The molecule has 22 heavy (non-hydrogen) atoms. The minimum absolute atomic E-state index is 0.939. The van der Waals surface area contributed by atoms with Crippen LogP contribution in [0.25, 0.3) is 22.0 Å². The monoisotopic (exact) mass is 354 g/mol. The highest BCUT2D eigenvalue weighted by molar-refractivity contribution is 9.10. The maximum absolute atomic E-state index is 4.84. The van der Waals surface area contributed by atoms with Crippen molar-refractivity contribution in [2.45, 2.75) is 19.8 Å². The second-order valence-corrected chi connectivity index (χ2v) is 6.11. The number of nitrogens with one attached hydrogen (secondary N) is 1. The summed E-state index contributed by atoms with van der Waals surface area (Å²) in [6.45, 7) is 3.14. The molecule has 3 rings (SSSR count). The number of halogens is 1. The maximum atomic E-state index is 4.84. The number of para-hydroxylation sites is 1. The van der Waals surface area contributed by atoms with Crippen molar-refractivity contribution in [3.05, 3.63) is 59.1 Å². The average Bonchev–Trinajstić information content (AvgIpc) is 2.56. The van der Waals surface area contributed by atoms with Gasteiger partial charge in [0.25, 0.3) is 0 Å². The molecule has 1 heterocycles. The van der Waals surface area contributed by atoms with Crippen molar-refractivity contribution in [2.24, 2.45) is 0 Å². The van der Waals surface area contributed by atoms with Gasteiger partial charge in [-0.25, -0.2) is 4.98 Å². The van der Waals surface area contributed by atoms with E-state index >= 15 is 0 Å². The molecule has 0 radical (unpaired) electrons. The number of anilines is 1. The van der Waals surface area contributed by atoms with Gasteiger partial charge in [0, 0.05) is 22.0 Å². The first-order valence-corrected chi connectivity index (χ1v) is 8.48. The maximum Gasteiger partial charge on any atom is 0.135 e. The SMILES string of the molecule is CCCCNc1nc2ccccc2c(Br)c1-c1ccccc1. The molecule has 2 aromatic carbocycles. The summed E-state index contributed by atoms with van der Waals surface area (Å²) in [6.07, 6.45) is 2.31. The number of rotatable bonds is 5. The van der Waals surface area contributed by atoms with Crippen molar-refractivity contribution in [3.8, 4) is 11.1 Å². The van der Waals surface area contributed by atoms with E-state index in [0.717, 1.165) is 39.7 Å². The molecule has 0 aliphatic rings. The van der Waals surface area contributed by atoms with Gasteiger partial charge >= 0.3 is 0 Å². The van der Waals surface area contributed by atoms with E-state index in [9.17, 15) is 0 Å². The van der Waals surface area contributed by atoms with E-state index in [-0.39, 0.29) is 0 Å². The quantitative estimate of drug-likeness (QED) is 0.579. The standard InChI is InChI=1S/C19H19BrN2/c1-2-3-13-21-19-17(14-9-5-4-6-10-14)18(20)15-11-7-8-12-16(15)22-19/h4-12H,2-3,13H2,1H3,(H,21,22). The highest BCUT2D eigenvalue weighted by Crippen LogP contribution is 2.38. The lowest BCUT2D eigenvalue weighted by Crippen LogP contribution is -2.05. The first-order valence-electron chi connectivity index (χ1n) is 7.68. The topological polar surface area (TPSA) is 24.9 Å². The smallest absolute Gasteiger partial charge is 0.135 e. The van der Waals surface area contributed by atoms with Crippen molar-refractivity contribution >= 4 is 32.7 Å². The highest BCUT2D eigenvalue weighted by Gasteiger charge is 2.14. The first-order chi connectivity index (χ1) is 10.8. The Kier molecular flexibility index (Phi) is 4.74. The molecule has 3 heteroatoms. The summed E-state index contributed by atoms with van der Waals surface area (Å²) in [5.74, 6) is 0.949. The molecule has 0 atom stereocenters. The fourth-order valence-corrected chi connectivity index (χ4v) is 3.30. The van der Waals surface area contributed by atoms with Gasteiger partial charge in [0.1, 0.15) is 5.82 Å². The van der Waals surface area contributed by atoms with Crippen molar-refractivity contribution in [1.29, 1.82) is 0 Å². The molecule has 0 aliphatic heterocycles. The Hall–Kier alpha value is -1.87. The lowest BCUT2D eigenvalue weighted by molar-refractivity contribution is 0.832. The molecular weight excluding hydrogens is 336 g/mol. The Bertz CT molecular complexity index is 769. The van der Waals surface area contributed by atoms with E-state index < -0.39 is 0 Å². The van der Waals surface area contributed by atoms with Gasteiger partial charge in [-0.1, -0.05) is 61.9 Å². The van der Waals surface area contributed by atoms with Gasteiger partial charge < -0.3 is 5.32 Å². The number of hydrogen-bond acceptors (Lipinski definition) is 2. The van der Waals surface area contributed by atoms with Crippen LogP contribution in [0.3, 0.4) is 0 Å². The van der Waals surface area contributed by atoms with Crippen LogP contribution in [-0.2, 0) is 0 Å². The molecule has 0 saturated carbocycles. The summed E-state index contributed by atoms with van der Waals surface area (Å²) >= 11 is 3.80. The zero-order valence-electron chi connectivity index (χ0n) is 12.6. The Balaban J connectivity index is 2.17. The summed E-state index contributed by atoms with van der Waals surface area (Å²) in [4.78, 5) is 4.84. The number of benzene rings is 2. The van der Waals surface area contributed by atoms with Crippen LogP contribution in [-0.4, -0.2) is 11.5 Å². The molecule has 112 valence electrons. The summed E-state index contributed by atoms with van der Waals surface area (Å²) in [6, 6.07) is 18.7. The van der Waals surface area contributed by atoms with E-state index in [0.29, 0.717) is 0 Å². The Morgan fingerprint density at radius 1 is 1.00 bits per heavy atom. The molecule has 1 N–H and O–H groups in total. The van der Waals surface area contributed by atoms with Gasteiger partial charge in [0.15, 0.2) is 0 Å². The van der Waals surface area contributed by atoms with Crippen molar-refractivity contribution < 1.29 is 0 Å². The number of unbranched alkanes of at least 4 members (excludes halogenated alkanes) is 1. The molecule has 3 aromatic rings. The third kappa shape index (κ3) is 3.00. The van der Waals surface area contributed by atoms with E-state index in [1.807, 2.05) is 18.2 Å². The fraction of sp³-hybridized carbons (Fsp3) is 0.211. The van der Waals surface area contributed by atoms with E-state index in [1.165, 1.54) is 12.0 Å². The molecule has 0 saturated heterocycles.